The van der Waals surface area contributed by atoms with Gasteiger partial charge in [0, 0.05) is 38.6 Å². The second-order valence-electron chi connectivity index (χ2n) is 7.16. The lowest BCUT2D eigenvalue weighted by Crippen LogP contribution is -2.51. The van der Waals surface area contributed by atoms with Crippen molar-refractivity contribution in [3.05, 3.63) is 0 Å². The first-order valence-corrected chi connectivity index (χ1v) is 7.47. The predicted molar refractivity (Wildman–Crippen MR) is 80.2 cm³/mol. The molecule has 112 valence electrons. The summed E-state index contributed by atoms with van der Waals surface area (Å²) in [6.07, 6.45) is 1.72. The molecule has 1 aliphatic heterocycles. The van der Waals surface area contributed by atoms with Gasteiger partial charge in [-0.3, -0.25) is 4.79 Å². The van der Waals surface area contributed by atoms with Crippen LogP contribution in [0.25, 0.3) is 0 Å². The molecule has 4 nitrogen and oxygen atoms in total. The van der Waals surface area contributed by atoms with E-state index in [9.17, 15) is 4.79 Å². The highest BCUT2D eigenvalue weighted by molar-refractivity contribution is 5.76. The Labute approximate surface area is 118 Å². The standard InChI is InChI=1S/C15H31N3O/c1-12(2)9-15(3,4)11-17-14(19)8-13-10-18(5)7-6-16-13/h12-13,16H,6-11H2,1-5H3,(H,17,19). The van der Waals surface area contributed by atoms with Crippen molar-refractivity contribution in [1.29, 1.82) is 0 Å². The molecule has 0 aromatic heterocycles. The molecule has 0 aliphatic carbocycles. The monoisotopic (exact) mass is 269 g/mol. The number of nitrogens with zero attached hydrogens (tertiary/aromatic N) is 1. The smallest absolute Gasteiger partial charge is 0.221 e. The molecule has 1 fully saturated rings. The number of likely N-dealkylation sites (N-methyl/N-ethyl adjacent to an activating group) is 1. The van der Waals surface area contributed by atoms with E-state index in [2.05, 4.69) is 50.3 Å². The van der Waals surface area contributed by atoms with Crippen LogP contribution in [0.2, 0.25) is 0 Å². The van der Waals surface area contributed by atoms with Crippen LogP contribution in [0.15, 0.2) is 0 Å². The van der Waals surface area contributed by atoms with Gasteiger partial charge in [-0.1, -0.05) is 27.7 Å². The number of hydrogen-bond acceptors (Lipinski definition) is 3. The van der Waals surface area contributed by atoms with E-state index >= 15 is 0 Å². The number of carbonyl (C=O) groups is 1. The summed E-state index contributed by atoms with van der Waals surface area (Å²) in [6, 6.07) is 0.298. The van der Waals surface area contributed by atoms with Gasteiger partial charge in [-0.15, -0.1) is 0 Å². The molecular formula is C15H31N3O. The van der Waals surface area contributed by atoms with Crippen molar-refractivity contribution in [3.8, 4) is 0 Å². The van der Waals surface area contributed by atoms with Gasteiger partial charge in [-0.25, -0.2) is 0 Å². The second kappa shape index (κ2) is 7.25. The van der Waals surface area contributed by atoms with E-state index in [0.717, 1.165) is 32.6 Å². The van der Waals surface area contributed by atoms with E-state index in [-0.39, 0.29) is 11.3 Å². The van der Waals surface area contributed by atoms with Crippen molar-refractivity contribution in [2.45, 2.75) is 46.6 Å². The third-order valence-corrected chi connectivity index (χ3v) is 3.62. The van der Waals surface area contributed by atoms with Gasteiger partial charge < -0.3 is 15.5 Å². The quantitative estimate of drug-likeness (QED) is 0.767. The van der Waals surface area contributed by atoms with E-state index in [4.69, 9.17) is 0 Å². The number of hydrogen-bond donors (Lipinski definition) is 2. The third-order valence-electron chi connectivity index (χ3n) is 3.62. The number of rotatable bonds is 6. The predicted octanol–water partition coefficient (Wildman–Crippen LogP) is 1.47. The lowest BCUT2D eigenvalue weighted by Gasteiger charge is -2.31. The van der Waals surface area contributed by atoms with Crippen LogP contribution < -0.4 is 10.6 Å². The van der Waals surface area contributed by atoms with Gasteiger partial charge >= 0.3 is 0 Å². The van der Waals surface area contributed by atoms with Gasteiger partial charge in [0.15, 0.2) is 0 Å². The van der Waals surface area contributed by atoms with E-state index in [1.54, 1.807) is 0 Å². The minimum Gasteiger partial charge on any atom is -0.356 e. The number of piperazine rings is 1. The Morgan fingerprint density at radius 2 is 2.16 bits per heavy atom. The third kappa shape index (κ3) is 6.92. The fraction of sp³-hybridized carbons (Fsp3) is 0.933. The summed E-state index contributed by atoms with van der Waals surface area (Å²) in [5.41, 5.74) is 0.181. The van der Waals surface area contributed by atoms with Crippen LogP contribution in [-0.4, -0.2) is 50.1 Å². The Bertz CT molecular complexity index is 289. The maximum atomic E-state index is 12.0. The summed E-state index contributed by atoms with van der Waals surface area (Å²) in [7, 11) is 2.11. The van der Waals surface area contributed by atoms with E-state index in [1.807, 2.05) is 0 Å². The minimum atomic E-state index is 0.171. The lowest BCUT2D eigenvalue weighted by atomic mass is 9.84. The molecule has 1 atom stereocenters. The molecule has 19 heavy (non-hydrogen) atoms. The van der Waals surface area contributed by atoms with Crippen molar-refractivity contribution in [3.63, 3.8) is 0 Å². The highest BCUT2D eigenvalue weighted by atomic mass is 16.1. The zero-order valence-corrected chi connectivity index (χ0v) is 13.3. The molecule has 1 unspecified atom stereocenters. The zero-order valence-electron chi connectivity index (χ0n) is 13.3. The largest absolute Gasteiger partial charge is 0.356 e. The van der Waals surface area contributed by atoms with Gasteiger partial charge in [0.1, 0.15) is 0 Å². The van der Waals surface area contributed by atoms with Gasteiger partial charge in [0.05, 0.1) is 0 Å². The Hall–Kier alpha value is -0.610. The van der Waals surface area contributed by atoms with Crippen LogP contribution in [0, 0.1) is 11.3 Å². The van der Waals surface area contributed by atoms with Crippen molar-refractivity contribution in [2.24, 2.45) is 11.3 Å². The Morgan fingerprint density at radius 1 is 1.47 bits per heavy atom. The fourth-order valence-corrected chi connectivity index (χ4v) is 2.94. The van der Waals surface area contributed by atoms with Gasteiger partial charge in [-0.2, -0.15) is 0 Å². The first-order valence-electron chi connectivity index (χ1n) is 7.47. The topological polar surface area (TPSA) is 44.4 Å². The first-order chi connectivity index (χ1) is 8.78. The number of amides is 1. The molecule has 0 spiro atoms. The molecule has 0 bridgehead atoms. The van der Waals surface area contributed by atoms with Gasteiger partial charge in [0.25, 0.3) is 0 Å². The van der Waals surface area contributed by atoms with Crippen molar-refractivity contribution in [1.82, 2.24) is 15.5 Å². The highest BCUT2D eigenvalue weighted by Crippen LogP contribution is 2.24. The van der Waals surface area contributed by atoms with Crippen LogP contribution in [0.1, 0.15) is 40.5 Å². The van der Waals surface area contributed by atoms with Crippen LogP contribution in [0.5, 0.6) is 0 Å². The van der Waals surface area contributed by atoms with Crippen molar-refractivity contribution < 1.29 is 4.79 Å². The van der Waals surface area contributed by atoms with Crippen LogP contribution in [-0.2, 0) is 4.79 Å². The molecule has 0 aromatic rings. The summed E-state index contributed by atoms with van der Waals surface area (Å²) in [5, 5.41) is 6.50. The lowest BCUT2D eigenvalue weighted by molar-refractivity contribution is -0.122. The van der Waals surface area contributed by atoms with Crippen LogP contribution >= 0.6 is 0 Å². The Kier molecular flexibility index (Phi) is 6.27. The average Bonchev–Trinajstić information content (AvgIpc) is 2.25. The summed E-state index contributed by atoms with van der Waals surface area (Å²) < 4.78 is 0. The van der Waals surface area contributed by atoms with E-state index < -0.39 is 0 Å². The van der Waals surface area contributed by atoms with Crippen molar-refractivity contribution >= 4 is 5.91 Å². The van der Waals surface area contributed by atoms with Crippen LogP contribution in [0.3, 0.4) is 0 Å². The molecule has 0 radical (unpaired) electrons. The summed E-state index contributed by atoms with van der Waals surface area (Å²) in [5.74, 6) is 0.838. The molecule has 1 amide bonds. The molecule has 1 aliphatic rings. The molecule has 2 N–H and O–H groups in total. The molecule has 1 heterocycles. The van der Waals surface area contributed by atoms with Gasteiger partial charge in [0.2, 0.25) is 5.91 Å². The summed E-state index contributed by atoms with van der Waals surface area (Å²) in [6.45, 7) is 12.7. The molecule has 0 aromatic carbocycles. The minimum absolute atomic E-state index is 0.171. The first kappa shape index (κ1) is 16.4. The van der Waals surface area contributed by atoms with E-state index in [0.29, 0.717) is 18.4 Å². The number of nitrogens with one attached hydrogen (secondary N) is 2. The Morgan fingerprint density at radius 3 is 2.74 bits per heavy atom. The zero-order chi connectivity index (χ0) is 14.5. The molecular weight excluding hydrogens is 238 g/mol. The summed E-state index contributed by atoms with van der Waals surface area (Å²) >= 11 is 0. The fourth-order valence-electron chi connectivity index (χ4n) is 2.94. The average molecular weight is 269 g/mol. The molecule has 1 rings (SSSR count). The molecule has 4 heteroatoms. The molecule has 1 saturated heterocycles. The van der Waals surface area contributed by atoms with Crippen LogP contribution in [0.4, 0.5) is 0 Å². The summed E-state index contributed by atoms with van der Waals surface area (Å²) in [4.78, 5) is 14.3. The normalized spacial score (nSPS) is 21.7. The van der Waals surface area contributed by atoms with E-state index in [1.165, 1.54) is 0 Å². The second-order valence-corrected chi connectivity index (χ2v) is 7.16. The maximum Gasteiger partial charge on any atom is 0.221 e. The highest BCUT2D eigenvalue weighted by Gasteiger charge is 2.22. The van der Waals surface area contributed by atoms with Crippen molar-refractivity contribution in [2.75, 3.05) is 33.2 Å². The molecule has 0 saturated carbocycles. The maximum absolute atomic E-state index is 12.0. The number of carbonyl (C=O) groups excluding carboxylic acids is 1. The Balaban J connectivity index is 2.27. The van der Waals surface area contributed by atoms with Gasteiger partial charge in [-0.05, 0) is 24.8 Å². The SMILES string of the molecule is CC(C)CC(C)(C)CNC(=O)CC1CN(C)CCN1.